The number of carbonyl (C=O) groups excluding carboxylic acids is 1. The maximum atomic E-state index is 10.8. The van der Waals surface area contributed by atoms with Crippen molar-refractivity contribution in [3.05, 3.63) is 11.8 Å². The van der Waals surface area contributed by atoms with Crippen molar-refractivity contribution in [2.24, 2.45) is 0 Å². The molecule has 0 amide bonds. The van der Waals surface area contributed by atoms with Crippen LogP contribution in [0.1, 0.15) is 12.8 Å². The van der Waals surface area contributed by atoms with Crippen molar-refractivity contribution in [3.8, 4) is 0 Å². The summed E-state index contributed by atoms with van der Waals surface area (Å²) in [6.45, 7) is 0.164. The molecule has 0 aromatic rings. The Kier molecular flexibility index (Phi) is 2.45. The Bertz CT molecular complexity index is 160. The van der Waals surface area contributed by atoms with Crippen LogP contribution in [0.5, 0.6) is 0 Å². The van der Waals surface area contributed by atoms with Gasteiger partial charge in [0.25, 0.3) is 0 Å². The highest BCUT2D eigenvalue weighted by atomic mass is 16.7. The Labute approximate surface area is 59.6 Å². The van der Waals surface area contributed by atoms with Crippen LogP contribution >= 0.6 is 0 Å². The fraction of sp³-hybridized carbons (Fsp3) is 0.571. The first-order chi connectivity index (χ1) is 4.84. The summed E-state index contributed by atoms with van der Waals surface area (Å²) in [5.74, 6) is 0.541. The van der Waals surface area contributed by atoms with Crippen LogP contribution in [0.25, 0.3) is 0 Å². The predicted octanol–water partition coefficient (Wildman–Crippen LogP) is 0.854. The second-order valence-corrected chi connectivity index (χ2v) is 2.08. The number of allylic oxidation sites excluding steroid dienone is 2. The Morgan fingerprint density at radius 1 is 1.70 bits per heavy atom. The van der Waals surface area contributed by atoms with Crippen LogP contribution in [-0.4, -0.2) is 19.7 Å². The van der Waals surface area contributed by atoms with Gasteiger partial charge in [0.05, 0.1) is 0 Å². The highest BCUT2D eigenvalue weighted by Gasteiger charge is 2.15. The van der Waals surface area contributed by atoms with Gasteiger partial charge < -0.3 is 9.47 Å². The molecule has 3 heteroatoms. The fourth-order valence-corrected chi connectivity index (χ4v) is 0.833. The number of rotatable bonds is 3. The molecule has 3 nitrogen and oxygen atoms in total. The van der Waals surface area contributed by atoms with E-state index in [-0.39, 0.29) is 12.6 Å². The van der Waals surface area contributed by atoms with Gasteiger partial charge in [0.1, 0.15) is 0 Å². The molecule has 0 heterocycles. The van der Waals surface area contributed by atoms with E-state index in [0.29, 0.717) is 12.2 Å². The molecule has 0 atom stereocenters. The molecule has 1 aliphatic carbocycles. The minimum atomic E-state index is 0.0806. The smallest absolute Gasteiger partial charge is 0.197 e. The van der Waals surface area contributed by atoms with Crippen molar-refractivity contribution in [1.82, 2.24) is 0 Å². The van der Waals surface area contributed by atoms with Gasteiger partial charge >= 0.3 is 0 Å². The zero-order valence-electron chi connectivity index (χ0n) is 5.92. The van der Waals surface area contributed by atoms with Gasteiger partial charge in [-0.25, -0.2) is 0 Å². The lowest BCUT2D eigenvalue weighted by Gasteiger charge is -2.02. The van der Waals surface area contributed by atoms with Crippen LogP contribution in [0.15, 0.2) is 11.8 Å². The molecule has 0 aliphatic heterocycles. The van der Waals surface area contributed by atoms with Crippen molar-refractivity contribution in [1.29, 1.82) is 0 Å². The number of hydrogen-bond donors (Lipinski definition) is 0. The summed E-state index contributed by atoms with van der Waals surface area (Å²) in [7, 11) is 1.53. The monoisotopic (exact) mass is 142 g/mol. The van der Waals surface area contributed by atoms with E-state index in [2.05, 4.69) is 4.74 Å². The number of hydrogen-bond acceptors (Lipinski definition) is 3. The van der Waals surface area contributed by atoms with E-state index >= 15 is 0 Å². The summed E-state index contributed by atoms with van der Waals surface area (Å²) < 4.78 is 9.59. The molecule has 0 N–H and O–H groups in total. The zero-order valence-corrected chi connectivity index (χ0v) is 5.92. The highest BCUT2D eigenvalue weighted by Crippen LogP contribution is 2.14. The number of Topliss-reactive ketones (excluding diaryl/α,β-unsaturated/α-hetero) is 1. The van der Waals surface area contributed by atoms with E-state index in [1.807, 2.05) is 0 Å². The van der Waals surface area contributed by atoms with Gasteiger partial charge in [-0.2, -0.15) is 0 Å². The third kappa shape index (κ3) is 1.57. The maximum Gasteiger partial charge on any atom is 0.197 e. The maximum absolute atomic E-state index is 10.8. The molecule has 0 aromatic heterocycles. The first-order valence-corrected chi connectivity index (χ1v) is 3.19. The lowest BCUT2D eigenvalue weighted by atomic mass is 10.3. The van der Waals surface area contributed by atoms with Gasteiger partial charge in [0.15, 0.2) is 18.3 Å². The quantitative estimate of drug-likeness (QED) is 0.548. The minimum absolute atomic E-state index is 0.0806. The Morgan fingerprint density at radius 2 is 2.50 bits per heavy atom. The summed E-state index contributed by atoms with van der Waals surface area (Å²) in [6, 6.07) is 0. The number of ketones is 1. The van der Waals surface area contributed by atoms with E-state index in [0.717, 1.165) is 6.42 Å². The molecule has 0 spiro atoms. The van der Waals surface area contributed by atoms with Crippen molar-refractivity contribution < 1.29 is 14.3 Å². The lowest BCUT2D eigenvalue weighted by Crippen LogP contribution is -2.02. The number of carbonyl (C=O) groups is 1. The molecule has 56 valence electrons. The van der Waals surface area contributed by atoms with Gasteiger partial charge in [-0.05, 0) is 12.5 Å². The summed E-state index contributed by atoms with van der Waals surface area (Å²) in [5.41, 5.74) is 0. The molecule has 0 aromatic carbocycles. The van der Waals surface area contributed by atoms with Gasteiger partial charge in [-0.1, -0.05) is 0 Å². The van der Waals surface area contributed by atoms with Crippen LogP contribution in [0.4, 0.5) is 0 Å². The van der Waals surface area contributed by atoms with Crippen LogP contribution < -0.4 is 0 Å². The number of ether oxygens (including phenoxy) is 2. The molecule has 1 aliphatic rings. The second kappa shape index (κ2) is 3.37. The predicted molar refractivity (Wildman–Crippen MR) is 35.3 cm³/mol. The van der Waals surface area contributed by atoms with Gasteiger partial charge in [-0.3, -0.25) is 4.79 Å². The van der Waals surface area contributed by atoms with E-state index < -0.39 is 0 Å². The molecule has 1 rings (SSSR count). The van der Waals surface area contributed by atoms with Crippen LogP contribution in [0.2, 0.25) is 0 Å². The third-order valence-electron chi connectivity index (χ3n) is 1.31. The minimum Gasteiger partial charge on any atom is -0.464 e. The van der Waals surface area contributed by atoms with E-state index in [1.165, 1.54) is 7.11 Å². The van der Waals surface area contributed by atoms with Crippen molar-refractivity contribution >= 4 is 5.78 Å². The zero-order chi connectivity index (χ0) is 7.40. The van der Waals surface area contributed by atoms with E-state index in [4.69, 9.17) is 4.74 Å². The lowest BCUT2D eigenvalue weighted by molar-refractivity contribution is -0.120. The first-order valence-electron chi connectivity index (χ1n) is 3.19. The molecule has 0 saturated carbocycles. The van der Waals surface area contributed by atoms with Crippen LogP contribution in [-0.2, 0) is 14.3 Å². The van der Waals surface area contributed by atoms with E-state index in [1.54, 1.807) is 6.08 Å². The normalized spacial score (nSPS) is 17.3. The van der Waals surface area contributed by atoms with Crippen LogP contribution in [0, 0.1) is 0 Å². The Morgan fingerprint density at radius 3 is 3.00 bits per heavy atom. The second-order valence-electron chi connectivity index (χ2n) is 2.08. The molecule has 10 heavy (non-hydrogen) atoms. The van der Waals surface area contributed by atoms with Gasteiger partial charge in [0, 0.05) is 13.5 Å². The molecule has 0 saturated heterocycles. The van der Waals surface area contributed by atoms with E-state index in [9.17, 15) is 4.79 Å². The molecule has 0 fully saturated rings. The molecular weight excluding hydrogens is 132 g/mol. The first kappa shape index (κ1) is 7.28. The molecular formula is C7H10O3. The summed E-state index contributed by atoms with van der Waals surface area (Å²) in [4.78, 5) is 10.8. The van der Waals surface area contributed by atoms with Crippen molar-refractivity contribution in [2.45, 2.75) is 12.8 Å². The summed E-state index contributed by atoms with van der Waals surface area (Å²) in [6.07, 6.45) is 3.18. The number of methoxy groups -OCH3 is 1. The average Bonchev–Trinajstić information content (AvgIpc) is 2.31. The standard InChI is InChI=1S/C7H10O3/c1-9-5-10-7-4-2-3-6(7)8/h4H,2-3,5H2,1H3. The van der Waals surface area contributed by atoms with Crippen molar-refractivity contribution in [2.75, 3.05) is 13.9 Å². The van der Waals surface area contributed by atoms with Gasteiger partial charge in [0.2, 0.25) is 0 Å². The topological polar surface area (TPSA) is 35.5 Å². The average molecular weight is 142 g/mol. The molecule has 0 radical (unpaired) electrons. The van der Waals surface area contributed by atoms with Crippen molar-refractivity contribution in [3.63, 3.8) is 0 Å². The fourth-order valence-electron chi connectivity index (χ4n) is 0.833. The molecule has 0 bridgehead atoms. The highest BCUT2D eigenvalue weighted by molar-refractivity contribution is 5.95. The Hall–Kier alpha value is -0.830. The molecule has 0 unspecified atom stereocenters. The SMILES string of the molecule is COCOC1=CCCC1=O. The Balaban J connectivity index is 2.33. The third-order valence-corrected chi connectivity index (χ3v) is 1.31. The summed E-state index contributed by atoms with van der Waals surface area (Å²) in [5, 5.41) is 0. The summed E-state index contributed by atoms with van der Waals surface area (Å²) >= 11 is 0. The van der Waals surface area contributed by atoms with Crippen LogP contribution in [0.3, 0.4) is 0 Å². The van der Waals surface area contributed by atoms with Gasteiger partial charge in [-0.15, -0.1) is 0 Å². The largest absolute Gasteiger partial charge is 0.464 e.